The van der Waals surface area contributed by atoms with Gasteiger partial charge in [0.25, 0.3) is 0 Å². The maximum absolute atomic E-state index is 6.43. The van der Waals surface area contributed by atoms with E-state index in [0.717, 1.165) is 60.0 Å². The predicted octanol–water partition coefficient (Wildman–Crippen LogP) is 12.2. The molecule has 0 bridgehead atoms. The molecule has 4 heterocycles. The van der Waals surface area contributed by atoms with Gasteiger partial charge in [0.05, 0.1) is 16.7 Å². The fourth-order valence-corrected chi connectivity index (χ4v) is 8.78. The van der Waals surface area contributed by atoms with Crippen LogP contribution in [0.4, 0.5) is 0 Å². The average Bonchev–Trinajstić information content (AvgIpc) is 3.87. The van der Waals surface area contributed by atoms with Crippen molar-refractivity contribution in [3.8, 4) is 39.9 Å². The van der Waals surface area contributed by atoms with Crippen LogP contribution in [0, 0.1) is 0 Å². The first-order chi connectivity index (χ1) is 25.3. The number of hydrogen-bond donors (Lipinski definition) is 0. The number of nitrogens with zero attached hydrogens (tertiary/aromatic N) is 4. The third-order valence-electron chi connectivity index (χ3n) is 9.86. The van der Waals surface area contributed by atoms with Gasteiger partial charge < -0.3 is 8.98 Å². The number of para-hydroxylation sites is 2. The van der Waals surface area contributed by atoms with Crippen LogP contribution in [-0.4, -0.2) is 19.5 Å². The molecule has 238 valence electrons. The molecular formula is C45H26N4OS. The second-order valence-corrected chi connectivity index (χ2v) is 13.8. The molecule has 0 amide bonds. The molecule has 0 aliphatic carbocycles. The van der Waals surface area contributed by atoms with Gasteiger partial charge in [0, 0.05) is 64.5 Å². The summed E-state index contributed by atoms with van der Waals surface area (Å²) in [6.45, 7) is 0. The zero-order valence-corrected chi connectivity index (χ0v) is 27.9. The lowest BCUT2D eigenvalue weighted by atomic mass is 10.1. The normalized spacial score (nSPS) is 11.9. The highest BCUT2D eigenvalue weighted by molar-refractivity contribution is 7.26. The van der Waals surface area contributed by atoms with Crippen LogP contribution in [-0.2, 0) is 0 Å². The Labute approximate surface area is 295 Å². The summed E-state index contributed by atoms with van der Waals surface area (Å²) in [7, 11) is 0. The molecule has 0 atom stereocenters. The largest absolute Gasteiger partial charge is 0.456 e. The van der Waals surface area contributed by atoms with Crippen molar-refractivity contribution in [1.29, 1.82) is 0 Å². The summed E-state index contributed by atoms with van der Waals surface area (Å²) >= 11 is 1.78. The minimum Gasteiger partial charge on any atom is -0.456 e. The van der Waals surface area contributed by atoms with Gasteiger partial charge in [-0.05, 0) is 36.4 Å². The lowest BCUT2D eigenvalue weighted by Gasteiger charge is -2.13. The van der Waals surface area contributed by atoms with Gasteiger partial charge in [0.15, 0.2) is 17.5 Å². The van der Waals surface area contributed by atoms with Crippen LogP contribution in [0.3, 0.4) is 0 Å². The quantitative estimate of drug-likeness (QED) is 0.187. The van der Waals surface area contributed by atoms with E-state index in [9.17, 15) is 0 Å². The molecule has 0 unspecified atom stereocenters. The van der Waals surface area contributed by atoms with E-state index >= 15 is 0 Å². The first-order valence-electron chi connectivity index (χ1n) is 16.9. The molecule has 0 aliphatic heterocycles. The highest BCUT2D eigenvalue weighted by Gasteiger charge is 2.22. The number of furan rings is 1. The maximum atomic E-state index is 6.43. The molecule has 11 aromatic rings. The SMILES string of the molecule is c1ccc(-c2nc(-c3ccccc3)nc(-c3ccc(-n4c5ccccc5c5cc6c(cc54)oc4ccccc46)c4c3sc3ccccc34)n2)cc1. The molecule has 6 heteroatoms. The first-order valence-corrected chi connectivity index (χ1v) is 17.8. The van der Waals surface area contributed by atoms with Crippen LogP contribution in [0.25, 0.3) is 104 Å². The zero-order chi connectivity index (χ0) is 33.5. The highest BCUT2D eigenvalue weighted by Crippen LogP contribution is 2.45. The number of benzene rings is 7. The number of fused-ring (bicyclic) bond motifs is 9. The molecular weight excluding hydrogens is 645 g/mol. The summed E-state index contributed by atoms with van der Waals surface area (Å²) < 4.78 is 11.2. The van der Waals surface area contributed by atoms with Crippen molar-refractivity contribution in [1.82, 2.24) is 19.5 Å². The van der Waals surface area contributed by atoms with Gasteiger partial charge in [0.1, 0.15) is 11.2 Å². The Balaban J connectivity index is 1.22. The Hall–Kier alpha value is -6.63. The van der Waals surface area contributed by atoms with Crippen molar-refractivity contribution in [3.63, 3.8) is 0 Å². The van der Waals surface area contributed by atoms with E-state index < -0.39 is 0 Å². The highest BCUT2D eigenvalue weighted by atomic mass is 32.1. The predicted molar refractivity (Wildman–Crippen MR) is 211 cm³/mol. The third kappa shape index (κ3) is 4.30. The monoisotopic (exact) mass is 670 g/mol. The van der Waals surface area contributed by atoms with Crippen LogP contribution >= 0.6 is 11.3 Å². The fourth-order valence-electron chi connectivity index (χ4n) is 7.55. The Morgan fingerprint density at radius 3 is 1.84 bits per heavy atom. The summed E-state index contributed by atoms with van der Waals surface area (Å²) in [5, 5.41) is 7.02. The number of aromatic nitrogens is 4. The molecule has 0 saturated carbocycles. The van der Waals surface area contributed by atoms with Gasteiger partial charge in [0.2, 0.25) is 0 Å². The zero-order valence-electron chi connectivity index (χ0n) is 27.1. The number of hydrogen-bond acceptors (Lipinski definition) is 5. The summed E-state index contributed by atoms with van der Waals surface area (Å²) in [5.41, 5.74) is 8.00. The van der Waals surface area contributed by atoms with Gasteiger partial charge in [-0.2, -0.15) is 0 Å². The van der Waals surface area contributed by atoms with E-state index in [2.05, 4.69) is 89.5 Å². The van der Waals surface area contributed by atoms with Crippen molar-refractivity contribution in [2.24, 2.45) is 0 Å². The van der Waals surface area contributed by atoms with E-state index in [-0.39, 0.29) is 0 Å². The first kappa shape index (κ1) is 28.2. The number of thiophene rings is 1. The van der Waals surface area contributed by atoms with Crippen LogP contribution in [0.15, 0.2) is 162 Å². The third-order valence-corrected chi connectivity index (χ3v) is 11.1. The number of rotatable bonds is 4. The Bertz CT molecular complexity index is 3080. The van der Waals surface area contributed by atoms with Gasteiger partial charge >= 0.3 is 0 Å². The Kier molecular flexibility index (Phi) is 6.05. The van der Waals surface area contributed by atoms with Gasteiger partial charge in [-0.3, -0.25) is 0 Å². The maximum Gasteiger partial charge on any atom is 0.165 e. The van der Waals surface area contributed by atoms with Crippen LogP contribution in [0.2, 0.25) is 0 Å². The van der Waals surface area contributed by atoms with E-state index in [1.807, 2.05) is 72.8 Å². The second kappa shape index (κ2) is 10.9. The molecule has 4 aromatic heterocycles. The molecule has 51 heavy (non-hydrogen) atoms. The molecule has 0 spiro atoms. The van der Waals surface area contributed by atoms with E-state index in [4.69, 9.17) is 19.4 Å². The van der Waals surface area contributed by atoms with Gasteiger partial charge in [-0.15, -0.1) is 11.3 Å². The van der Waals surface area contributed by atoms with Crippen LogP contribution in [0.5, 0.6) is 0 Å². The smallest absolute Gasteiger partial charge is 0.165 e. The fraction of sp³-hybridized carbons (Fsp3) is 0. The second-order valence-electron chi connectivity index (χ2n) is 12.8. The van der Waals surface area contributed by atoms with Gasteiger partial charge in [-0.25, -0.2) is 15.0 Å². The van der Waals surface area contributed by atoms with E-state index in [0.29, 0.717) is 17.5 Å². The molecule has 11 rings (SSSR count). The summed E-state index contributed by atoms with van der Waals surface area (Å²) in [6.07, 6.45) is 0. The van der Waals surface area contributed by atoms with Crippen LogP contribution in [0.1, 0.15) is 0 Å². The molecule has 0 N–H and O–H groups in total. The molecule has 0 radical (unpaired) electrons. The molecule has 0 aliphatic rings. The summed E-state index contributed by atoms with van der Waals surface area (Å²) in [6, 6.07) is 54.9. The van der Waals surface area contributed by atoms with E-state index in [1.54, 1.807) is 11.3 Å². The Morgan fingerprint density at radius 1 is 0.451 bits per heavy atom. The standard InChI is InChI=1S/C45H26N4OS/c1-3-13-27(14-4-1)43-46-44(28-15-5-2-6-16-28)48-45(47-43)32-23-24-36(41-31-19-9-12-22-40(31)51-42(32)41)49-35-20-10-7-17-29(35)33-25-34-30-18-8-11-21-38(30)50-39(34)26-37(33)49/h1-26H. The summed E-state index contributed by atoms with van der Waals surface area (Å²) in [5.74, 6) is 1.95. The Morgan fingerprint density at radius 2 is 1.08 bits per heavy atom. The molecule has 0 saturated heterocycles. The average molecular weight is 671 g/mol. The van der Waals surface area contributed by atoms with Crippen molar-refractivity contribution in [3.05, 3.63) is 158 Å². The molecule has 0 fully saturated rings. The van der Waals surface area contributed by atoms with E-state index in [1.165, 1.54) is 26.2 Å². The lowest BCUT2D eigenvalue weighted by molar-refractivity contribution is 0.669. The van der Waals surface area contributed by atoms with Crippen molar-refractivity contribution in [2.75, 3.05) is 0 Å². The van der Waals surface area contributed by atoms with Crippen molar-refractivity contribution < 1.29 is 4.42 Å². The van der Waals surface area contributed by atoms with Crippen LogP contribution < -0.4 is 0 Å². The topological polar surface area (TPSA) is 56.7 Å². The van der Waals surface area contributed by atoms with Gasteiger partial charge in [-0.1, -0.05) is 115 Å². The summed E-state index contributed by atoms with van der Waals surface area (Å²) in [4.78, 5) is 15.2. The van der Waals surface area contributed by atoms with Crippen molar-refractivity contribution in [2.45, 2.75) is 0 Å². The minimum absolute atomic E-state index is 0.648. The lowest BCUT2D eigenvalue weighted by Crippen LogP contribution is -2.01. The molecule has 5 nitrogen and oxygen atoms in total. The van der Waals surface area contributed by atoms with Crippen molar-refractivity contribution >= 4 is 75.3 Å². The minimum atomic E-state index is 0.648. The molecule has 7 aromatic carbocycles.